The first-order valence-electron chi connectivity index (χ1n) is 9.56. The molecule has 1 aliphatic rings. The van der Waals surface area contributed by atoms with Gasteiger partial charge in [-0.2, -0.15) is 0 Å². The van der Waals surface area contributed by atoms with E-state index in [1.165, 1.54) is 12.1 Å². The molecule has 1 aliphatic heterocycles. The summed E-state index contributed by atoms with van der Waals surface area (Å²) in [6, 6.07) is 11.2. The van der Waals surface area contributed by atoms with Crippen LogP contribution < -0.4 is 4.72 Å². The van der Waals surface area contributed by atoms with E-state index in [9.17, 15) is 12.8 Å². The third kappa shape index (κ3) is 4.71. The van der Waals surface area contributed by atoms with Crippen molar-refractivity contribution in [3.05, 3.63) is 59.4 Å². The highest BCUT2D eigenvalue weighted by Crippen LogP contribution is 2.27. The van der Waals surface area contributed by atoms with Crippen LogP contribution in [0, 0.1) is 5.82 Å². The van der Waals surface area contributed by atoms with E-state index in [1.807, 2.05) is 13.8 Å². The van der Waals surface area contributed by atoms with Gasteiger partial charge in [0.25, 0.3) is 10.0 Å². The minimum atomic E-state index is -3.86. The second kappa shape index (κ2) is 8.59. The lowest BCUT2D eigenvalue weighted by Crippen LogP contribution is -2.38. The Morgan fingerprint density at radius 2 is 1.93 bits per heavy atom. The molecule has 0 amide bonds. The van der Waals surface area contributed by atoms with Gasteiger partial charge in [0.2, 0.25) is 0 Å². The van der Waals surface area contributed by atoms with Gasteiger partial charge in [-0.15, -0.1) is 0 Å². The van der Waals surface area contributed by atoms with Gasteiger partial charge in [-0.1, -0.05) is 39.0 Å². The summed E-state index contributed by atoms with van der Waals surface area (Å²) >= 11 is 0. The molecule has 2 aromatic carbocycles. The summed E-state index contributed by atoms with van der Waals surface area (Å²) in [4.78, 5) is 2.35. The number of likely N-dealkylation sites (N-methyl/N-ethyl adjacent to an activating group) is 1. The molecule has 3 rings (SSSR count). The van der Waals surface area contributed by atoms with Crippen LogP contribution in [0.25, 0.3) is 0 Å². The van der Waals surface area contributed by atoms with Crippen molar-refractivity contribution in [3.63, 3.8) is 0 Å². The molecule has 1 N–H and O–H groups in total. The molecule has 2 aromatic rings. The summed E-state index contributed by atoms with van der Waals surface area (Å²) in [5.74, 6) is -0.308. The number of sulfonamides is 1. The van der Waals surface area contributed by atoms with Crippen molar-refractivity contribution < 1.29 is 17.5 Å². The molecule has 0 bridgehead atoms. The average molecular weight is 407 g/mol. The summed E-state index contributed by atoms with van der Waals surface area (Å²) in [5, 5.41) is 0. The molecule has 7 heteroatoms. The Morgan fingerprint density at radius 1 is 1.21 bits per heavy atom. The highest BCUT2D eigenvalue weighted by atomic mass is 32.2. The van der Waals surface area contributed by atoms with Crippen molar-refractivity contribution in [2.24, 2.45) is 0 Å². The van der Waals surface area contributed by atoms with Crippen molar-refractivity contribution in [3.8, 4) is 0 Å². The quantitative estimate of drug-likeness (QED) is 0.783. The molecular weight excluding hydrogens is 379 g/mol. The standard InChI is InChI=1S/C21H27FN2O3S/c1-4-24-11-12-27-21(14-24)17-7-10-20(19(22)13-17)23-28(25,26)18-8-5-16(6-9-18)15(2)3/h5-10,13,15,21,23H,4,11-12,14H2,1-3H3. The summed E-state index contributed by atoms with van der Waals surface area (Å²) in [5.41, 5.74) is 1.68. The van der Waals surface area contributed by atoms with Gasteiger partial charge in [0, 0.05) is 13.1 Å². The summed E-state index contributed by atoms with van der Waals surface area (Å²) in [6.45, 7) is 9.22. The van der Waals surface area contributed by atoms with Crippen molar-refractivity contribution in [1.82, 2.24) is 4.90 Å². The molecule has 28 heavy (non-hydrogen) atoms. The van der Waals surface area contributed by atoms with Crippen LogP contribution >= 0.6 is 0 Å². The Balaban J connectivity index is 1.76. The molecular formula is C21H27FN2O3S. The Labute approximate surface area is 166 Å². The number of rotatable bonds is 6. The molecule has 1 saturated heterocycles. The van der Waals surface area contributed by atoms with Gasteiger partial charge >= 0.3 is 0 Å². The number of ether oxygens (including phenoxy) is 1. The zero-order chi connectivity index (χ0) is 20.3. The Hall–Kier alpha value is -1.96. The summed E-state index contributed by atoms with van der Waals surface area (Å²) in [6.07, 6.45) is -0.211. The fraction of sp³-hybridized carbons (Fsp3) is 0.429. The van der Waals surface area contributed by atoms with Crippen LogP contribution in [0.4, 0.5) is 10.1 Å². The second-order valence-corrected chi connectivity index (χ2v) is 9.00. The number of morpholine rings is 1. The maximum absolute atomic E-state index is 14.6. The predicted octanol–water partition coefficient (Wildman–Crippen LogP) is 4.14. The smallest absolute Gasteiger partial charge is 0.261 e. The molecule has 1 unspecified atom stereocenters. The molecule has 5 nitrogen and oxygen atoms in total. The first kappa shape index (κ1) is 20.8. The fourth-order valence-corrected chi connectivity index (χ4v) is 4.31. The number of halogens is 1. The number of anilines is 1. The molecule has 0 radical (unpaired) electrons. The SMILES string of the molecule is CCN1CCOC(c2ccc(NS(=O)(=O)c3ccc(C(C)C)cc3)c(F)c2)C1. The van der Waals surface area contributed by atoms with Crippen LogP contribution in [0.1, 0.15) is 43.9 Å². The normalized spacial score (nSPS) is 18.4. The first-order valence-corrected chi connectivity index (χ1v) is 11.0. The molecule has 0 saturated carbocycles. The molecule has 1 fully saturated rings. The van der Waals surface area contributed by atoms with E-state index >= 15 is 0 Å². The molecule has 1 heterocycles. The molecule has 0 spiro atoms. The summed E-state index contributed by atoms with van der Waals surface area (Å²) in [7, 11) is -3.86. The van der Waals surface area contributed by atoms with Crippen LogP contribution in [-0.2, 0) is 14.8 Å². The zero-order valence-corrected chi connectivity index (χ0v) is 17.3. The van der Waals surface area contributed by atoms with Crippen molar-refractivity contribution in [2.45, 2.75) is 37.7 Å². The summed E-state index contributed by atoms with van der Waals surface area (Å²) < 4.78 is 47.9. The third-order valence-electron chi connectivity index (χ3n) is 5.06. The van der Waals surface area contributed by atoms with Crippen LogP contribution in [0.2, 0.25) is 0 Å². The van der Waals surface area contributed by atoms with Crippen LogP contribution in [0.5, 0.6) is 0 Å². The van der Waals surface area contributed by atoms with Gasteiger partial charge in [-0.25, -0.2) is 12.8 Å². The van der Waals surface area contributed by atoms with E-state index in [4.69, 9.17) is 4.74 Å². The van der Waals surface area contributed by atoms with Gasteiger partial charge in [0.1, 0.15) is 5.82 Å². The zero-order valence-electron chi connectivity index (χ0n) is 16.5. The van der Waals surface area contributed by atoms with Crippen molar-refractivity contribution in [2.75, 3.05) is 31.0 Å². The maximum atomic E-state index is 14.6. The van der Waals surface area contributed by atoms with Gasteiger partial charge < -0.3 is 4.74 Å². The number of hydrogen-bond acceptors (Lipinski definition) is 4. The largest absolute Gasteiger partial charge is 0.371 e. The van der Waals surface area contributed by atoms with E-state index in [2.05, 4.69) is 16.5 Å². The Morgan fingerprint density at radius 3 is 2.54 bits per heavy atom. The van der Waals surface area contributed by atoms with E-state index < -0.39 is 15.8 Å². The monoisotopic (exact) mass is 406 g/mol. The molecule has 0 aliphatic carbocycles. The highest BCUT2D eigenvalue weighted by molar-refractivity contribution is 7.92. The van der Waals surface area contributed by atoms with Crippen LogP contribution in [-0.4, -0.2) is 39.6 Å². The lowest BCUT2D eigenvalue weighted by atomic mass is 10.0. The van der Waals surface area contributed by atoms with Gasteiger partial charge in [-0.3, -0.25) is 9.62 Å². The number of hydrogen-bond donors (Lipinski definition) is 1. The topological polar surface area (TPSA) is 58.6 Å². The minimum absolute atomic E-state index is 0.0696. The van der Waals surface area contributed by atoms with Crippen LogP contribution in [0.15, 0.2) is 47.4 Å². The van der Waals surface area contributed by atoms with Crippen LogP contribution in [0.3, 0.4) is 0 Å². The van der Waals surface area contributed by atoms with E-state index in [0.29, 0.717) is 24.6 Å². The van der Waals surface area contributed by atoms with E-state index in [-0.39, 0.29) is 16.7 Å². The number of nitrogens with zero attached hydrogens (tertiary/aromatic N) is 1. The maximum Gasteiger partial charge on any atom is 0.261 e. The molecule has 152 valence electrons. The van der Waals surface area contributed by atoms with Crippen molar-refractivity contribution >= 4 is 15.7 Å². The fourth-order valence-electron chi connectivity index (χ4n) is 3.24. The number of nitrogens with one attached hydrogen (secondary N) is 1. The lowest BCUT2D eigenvalue weighted by molar-refractivity contribution is -0.0282. The second-order valence-electron chi connectivity index (χ2n) is 7.32. The Kier molecular flexibility index (Phi) is 6.37. The van der Waals surface area contributed by atoms with Gasteiger partial charge in [0.05, 0.1) is 23.3 Å². The van der Waals surface area contributed by atoms with E-state index in [1.54, 1.807) is 30.3 Å². The number of benzene rings is 2. The molecule has 1 atom stereocenters. The minimum Gasteiger partial charge on any atom is -0.371 e. The van der Waals surface area contributed by atoms with Crippen molar-refractivity contribution in [1.29, 1.82) is 0 Å². The van der Waals surface area contributed by atoms with E-state index in [0.717, 1.165) is 18.7 Å². The van der Waals surface area contributed by atoms with Gasteiger partial charge in [0.15, 0.2) is 0 Å². The predicted molar refractivity (Wildman–Crippen MR) is 109 cm³/mol. The Bertz CT molecular complexity index is 914. The lowest BCUT2D eigenvalue weighted by Gasteiger charge is -2.32. The van der Waals surface area contributed by atoms with Gasteiger partial charge in [-0.05, 0) is 47.9 Å². The molecule has 0 aromatic heterocycles. The third-order valence-corrected chi connectivity index (χ3v) is 6.45. The highest BCUT2D eigenvalue weighted by Gasteiger charge is 2.23. The first-order chi connectivity index (χ1) is 13.3. The average Bonchev–Trinajstić information content (AvgIpc) is 2.69.